The molecule has 0 aliphatic rings. The van der Waals surface area contributed by atoms with E-state index in [0.717, 1.165) is 11.4 Å². The summed E-state index contributed by atoms with van der Waals surface area (Å²) >= 11 is 1.80. The van der Waals surface area contributed by atoms with Crippen LogP contribution in [0.25, 0.3) is 0 Å². The summed E-state index contributed by atoms with van der Waals surface area (Å²) in [6.07, 6.45) is 0. The van der Waals surface area contributed by atoms with Crippen molar-refractivity contribution in [3.8, 4) is 5.75 Å². The van der Waals surface area contributed by atoms with Crippen LogP contribution in [-0.4, -0.2) is 6.61 Å². The van der Waals surface area contributed by atoms with Gasteiger partial charge in [-0.3, -0.25) is 0 Å². The summed E-state index contributed by atoms with van der Waals surface area (Å²) in [7, 11) is 0. The lowest BCUT2D eigenvalue weighted by atomic mass is 10.0. The second kappa shape index (κ2) is 6.80. The van der Waals surface area contributed by atoms with E-state index in [1.807, 2.05) is 6.92 Å². The molecule has 2 aromatic rings. The first-order chi connectivity index (χ1) is 9.61. The summed E-state index contributed by atoms with van der Waals surface area (Å²) in [5, 5.41) is 5.78. The normalized spacial score (nSPS) is 12.4. The SMILES string of the molecule is CCOc1cc(C)ccc1NC(c1cccs1)C(C)C. The highest BCUT2D eigenvalue weighted by molar-refractivity contribution is 7.10. The zero-order valence-corrected chi connectivity index (χ0v) is 13.5. The van der Waals surface area contributed by atoms with Gasteiger partial charge < -0.3 is 10.1 Å². The van der Waals surface area contributed by atoms with Gasteiger partial charge in [0.1, 0.15) is 5.75 Å². The molecule has 0 aliphatic heterocycles. The van der Waals surface area contributed by atoms with Gasteiger partial charge >= 0.3 is 0 Å². The quantitative estimate of drug-likeness (QED) is 0.782. The van der Waals surface area contributed by atoms with Crippen molar-refractivity contribution in [3.63, 3.8) is 0 Å². The third-order valence-corrected chi connectivity index (χ3v) is 4.22. The summed E-state index contributed by atoms with van der Waals surface area (Å²) in [6, 6.07) is 10.9. The zero-order chi connectivity index (χ0) is 14.5. The molecule has 0 saturated heterocycles. The molecule has 1 atom stereocenters. The predicted octanol–water partition coefficient (Wildman–Crippen LogP) is 5.26. The van der Waals surface area contributed by atoms with Crippen molar-refractivity contribution < 1.29 is 4.74 Å². The first kappa shape index (κ1) is 14.9. The minimum absolute atomic E-state index is 0.317. The maximum Gasteiger partial charge on any atom is 0.142 e. The number of hydrogen-bond donors (Lipinski definition) is 1. The first-order valence-corrected chi connectivity index (χ1v) is 8.03. The van der Waals surface area contributed by atoms with Crippen LogP contribution in [0.2, 0.25) is 0 Å². The monoisotopic (exact) mass is 289 g/mol. The van der Waals surface area contributed by atoms with Crippen LogP contribution in [0, 0.1) is 12.8 Å². The summed E-state index contributed by atoms with van der Waals surface area (Å²) in [5.74, 6) is 1.46. The van der Waals surface area contributed by atoms with Gasteiger partial charge in [-0.25, -0.2) is 0 Å². The van der Waals surface area contributed by atoms with E-state index in [4.69, 9.17) is 4.74 Å². The summed E-state index contributed by atoms with van der Waals surface area (Å²) < 4.78 is 5.76. The van der Waals surface area contributed by atoms with Crippen molar-refractivity contribution in [3.05, 3.63) is 46.2 Å². The van der Waals surface area contributed by atoms with Gasteiger partial charge in [-0.05, 0) is 48.9 Å². The minimum Gasteiger partial charge on any atom is -0.492 e. The molecule has 0 amide bonds. The molecule has 2 nitrogen and oxygen atoms in total. The average molecular weight is 289 g/mol. The van der Waals surface area contributed by atoms with Crippen molar-refractivity contribution in [2.75, 3.05) is 11.9 Å². The lowest BCUT2D eigenvalue weighted by molar-refractivity contribution is 0.341. The lowest BCUT2D eigenvalue weighted by Gasteiger charge is -2.24. The lowest BCUT2D eigenvalue weighted by Crippen LogP contribution is -2.16. The summed E-state index contributed by atoms with van der Waals surface area (Å²) in [4.78, 5) is 1.36. The van der Waals surface area contributed by atoms with E-state index in [9.17, 15) is 0 Å². The Morgan fingerprint density at radius 3 is 2.65 bits per heavy atom. The van der Waals surface area contributed by atoms with E-state index < -0.39 is 0 Å². The zero-order valence-electron chi connectivity index (χ0n) is 12.6. The molecule has 108 valence electrons. The van der Waals surface area contributed by atoms with Crippen LogP contribution in [0.3, 0.4) is 0 Å². The Labute approximate surface area is 125 Å². The van der Waals surface area contributed by atoms with Gasteiger partial charge in [-0.15, -0.1) is 11.3 Å². The van der Waals surface area contributed by atoms with E-state index in [1.165, 1.54) is 10.4 Å². The highest BCUT2D eigenvalue weighted by Gasteiger charge is 2.18. The molecule has 1 unspecified atom stereocenters. The molecular weight excluding hydrogens is 266 g/mol. The molecule has 0 fully saturated rings. The fourth-order valence-corrected chi connectivity index (χ4v) is 3.17. The van der Waals surface area contributed by atoms with Crippen LogP contribution in [0.15, 0.2) is 35.7 Å². The van der Waals surface area contributed by atoms with Gasteiger partial charge in [-0.1, -0.05) is 26.0 Å². The third kappa shape index (κ3) is 3.54. The molecule has 0 saturated carbocycles. The molecule has 1 N–H and O–H groups in total. The van der Waals surface area contributed by atoms with Gasteiger partial charge in [0, 0.05) is 4.88 Å². The van der Waals surface area contributed by atoms with Crippen molar-refractivity contribution in [1.29, 1.82) is 0 Å². The van der Waals surface area contributed by atoms with Crippen molar-refractivity contribution in [2.24, 2.45) is 5.92 Å². The molecule has 2 rings (SSSR count). The van der Waals surface area contributed by atoms with Crippen LogP contribution < -0.4 is 10.1 Å². The molecule has 1 heterocycles. The second-order valence-corrected chi connectivity index (χ2v) is 6.29. The number of thiophene rings is 1. The number of anilines is 1. The Bertz CT molecular complexity index is 534. The van der Waals surface area contributed by atoms with Crippen LogP contribution >= 0.6 is 11.3 Å². The van der Waals surface area contributed by atoms with Crippen LogP contribution in [-0.2, 0) is 0 Å². The molecule has 20 heavy (non-hydrogen) atoms. The van der Waals surface area contributed by atoms with Crippen molar-refractivity contribution in [1.82, 2.24) is 0 Å². The highest BCUT2D eigenvalue weighted by atomic mass is 32.1. The molecule has 1 aromatic carbocycles. The number of hydrogen-bond acceptors (Lipinski definition) is 3. The number of aryl methyl sites for hydroxylation is 1. The molecule has 0 aliphatic carbocycles. The first-order valence-electron chi connectivity index (χ1n) is 7.15. The van der Waals surface area contributed by atoms with Crippen molar-refractivity contribution >= 4 is 17.0 Å². The van der Waals surface area contributed by atoms with E-state index >= 15 is 0 Å². The molecular formula is C17H23NOS. The fraction of sp³-hybridized carbons (Fsp3) is 0.412. The maximum absolute atomic E-state index is 5.76. The molecule has 1 aromatic heterocycles. The molecule has 3 heteroatoms. The molecule has 0 radical (unpaired) electrons. The van der Waals surface area contributed by atoms with E-state index in [0.29, 0.717) is 18.6 Å². The largest absolute Gasteiger partial charge is 0.492 e. The highest BCUT2D eigenvalue weighted by Crippen LogP contribution is 2.34. The van der Waals surface area contributed by atoms with Crippen molar-refractivity contribution in [2.45, 2.75) is 33.7 Å². The summed E-state index contributed by atoms with van der Waals surface area (Å²) in [6.45, 7) is 9.28. The minimum atomic E-state index is 0.317. The van der Waals surface area contributed by atoms with Gasteiger partial charge in [0.05, 0.1) is 18.3 Å². The van der Waals surface area contributed by atoms with Gasteiger partial charge in [0.25, 0.3) is 0 Å². The van der Waals surface area contributed by atoms with Gasteiger partial charge in [-0.2, -0.15) is 0 Å². The Kier molecular flexibility index (Phi) is 5.07. The van der Waals surface area contributed by atoms with Crippen LogP contribution in [0.5, 0.6) is 5.75 Å². The molecule has 0 spiro atoms. The Hall–Kier alpha value is -1.48. The number of rotatable bonds is 6. The number of benzene rings is 1. The van der Waals surface area contributed by atoms with Gasteiger partial charge in [0.15, 0.2) is 0 Å². The summed E-state index contributed by atoms with van der Waals surface area (Å²) in [5.41, 5.74) is 2.29. The Balaban J connectivity index is 2.27. The fourth-order valence-electron chi connectivity index (χ4n) is 2.23. The predicted molar refractivity (Wildman–Crippen MR) is 87.9 cm³/mol. The third-order valence-electron chi connectivity index (χ3n) is 3.26. The van der Waals surface area contributed by atoms with Crippen LogP contribution in [0.1, 0.15) is 37.3 Å². The van der Waals surface area contributed by atoms with Crippen LogP contribution in [0.4, 0.5) is 5.69 Å². The van der Waals surface area contributed by atoms with E-state index in [2.05, 4.69) is 61.8 Å². The van der Waals surface area contributed by atoms with Gasteiger partial charge in [0.2, 0.25) is 0 Å². The average Bonchev–Trinajstić information content (AvgIpc) is 2.91. The van der Waals surface area contributed by atoms with E-state index in [1.54, 1.807) is 11.3 Å². The maximum atomic E-state index is 5.76. The second-order valence-electron chi connectivity index (χ2n) is 5.31. The topological polar surface area (TPSA) is 21.3 Å². The standard InChI is InChI=1S/C17H23NOS/c1-5-19-15-11-13(4)8-9-14(15)18-17(12(2)3)16-7-6-10-20-16/h6-12,17-18H,5H2,1-4H3. The smallest absolute Gasteiger partial charge is 0.142 e. The molecule has 0 bridgehead atoms. The Morgan fingerprint density at radius 1 is 1.25 bits per heavy atom. The van der Waals surface area contributed by atoms with E-state index in [-0.39, 0.29) is 0 Å². The Morgan fingerprint density at radius 2 is 2.05 bits per heavy atom. The number of nitrogens with one attached hydrogen (secondary N) is 1. The number of ether oxygens (including phenoxy) is 1.